The highest BCUT2D eigenvalue weighted by Crippen LogP contribution is 2.13. The summed E-state index contributed by atoms with van der Waals surface area (Å²) in [6.45, 7) is -0.122. The van der Waals surface area contributed by atoms with E-state index >= 15 is 0 Å². The van der Waals surface area contributed by atoms with E-state index < -0.39 is 18.0 Å². The molecular weight excluding hydrogens is 282 g/mol. The van der Waals surface area contributed by atoms with Gasteiger partial charge in [-0.15, -0.1) is 0 Å². The van der Waals surface area contributed by atoms with Crippen LogP contribution in [0.3, 0.4) is 0 Å². The number of methoxy groups -OCH3 is 1. The molecule has 7 heteroatoms. The van der Waals surface area contributed by atoms with Gasteiger partial charge in [0, 0.05) is 7.11 Å². The monoisotopic (exact) mass is 291 g/mol. The second kappa shape index (κ2) is 5.66. The normalized spacial score (nSPS) is 12.1. The molecule has 1 atom stereocenters. The van der Waals surface area contributed by atoms with Gasteiger partial charge < -0.3 is 19.6 Å². The number of aliphatic carboxylic acids is 1. The highest BCUT2D eigenvalue weighted by Gasteiger charge is 2.18. The molecule has 0 spiro atoms. The van der Waals surface area contributed by atoms with Gasteiger partial charge in [0.25, 0.3) is 5.91 Å². The molecule has 0 aliphatic rings. The first kappa shape index (κ1) is 12.7. The lowest BCUT2D eigenvalue weighted by Gasteiger charge is -2.10. The summed E-state index contributed by atoms with van der Waals surface area (Å²) in [6.07, 6.45) is -1.07. The van der Waals surface area contributed by atoms with Crippen molar-refractivity contribution in [3.8, 4) is 0 Å². The Hall–Kier alpha value is -1.34. The Labute approximate surface area is 99.7 Å². The van der Waals surface area contributed by atoms with Gasteiger partial charge in [0.15, 0.2) is 16.5 Å². The number of carbonyl (C=O) groups excluding carboxylic acids is 1. The van der Waals surface area contributed by atoms with Crippen molar-refractivity contribution in [2.45, 2.75) is 6.10 Å². The van der Waals surface area contributed by atoms with E-state index in [0.717, 1.165) is 0 Å². The first-order valence-electron chi connectivity index (χ1n) is 4.33. The van der Waals surface area contributed by atoms with Gasteiger partial charge in [0.1, 0.15) is 0 Å². The van der Waals surface area contributed by atoms with Crippen LogP contribution in [-0.2, 0) is 9.53 Å². The van der Waals surface area contributed by atoms with Crippen LogP contribution < -0.4 is 5.32 Å². The van der Waals surface area contributed by atoms with Gasteiger partial charge in [0.2, 0.25) is 0 Å². The fourth-order valence-corrected chi connectivity index (χ4v) is 1.29. The number of furan rings is 1. The summed E-state index contributed by atoms with van der Waals surface area (Å²) in [7, 11) is 1.26. The number of halogens is 1. The maximum Gasteiger partial charge on any atom is 0.334 e. The van der Waals surface area contributed by atoms with E-state index in [-0.39, 0.29) is 12.3 Å². The molecule has 1 heterocycles. The van der Waals surface area contributed by atoms with Gasteiger partial charge in [-0.1, -0.05) is 0 Å². The quantitative estimate of drug-likeness (QED) is 0.840. The minimum absolute atomic E-state index is 0.104. The lowest BCUT2D eigenvalue weighted by molar-refractivity contribution is -0.148. The van der Waals surface area contributed by atoms with Crippen molar-refractivity contribution >= 4 is 27.8 Å². The maximum atomic E-state index is 11.4. The summed E-state index contributed by atoms with van der Waals surface area (Å²) in [5.41, 5.74) is 0. The summed E-state index contributed by atoms with van der Waals surface area (Å²) in [6, 6.07) is 3.04. The fraction of sp³-hybridized carbons (Fsp3) is 0.333. The molecule has 0 bridgehead atoms. The molecular formula is C9H10BrNO5. The van der Waals surface area contributed by atoms with Crippen LogP contribution in [0.15, 0.2) is 21.2 Å². The summed E-state index contributed by atoms with van der Waals surface area (Å²) in [5.74, 6) is -1.52. The molecule has 0 fully saturated rings. The van der Waals surface area contributed by atoms with Crippen LogP contribution >= 0.6 is 15.9 Å². The number of amides is 1. The molecule has 1 rings (SSSR count). The average molecular weight is 292 g/mol. The summed E-state index contributed by atoms with van der Waals surface area (Å²) >= 11 is 3.05. The van der Waals surface area contributed by atoms with Crippen LogP contribution in [0, 0.1) is 0 Å². The van der Waals surface area contributed by atoms with Gasteiger partial charge in [-0.05, 0) is 28.1 Å². The average Bonchev–Trinajstić information content (AvgIpc) is 2.65. The summed E-state index contributed by atoms with van der Waals surface area (Å²) in [4.78, 5) is 22.0. The van der Waals surface area contributed by atoms with Crippen molar-refractivity contribution in [2.24, 2.45) is 0 Å². The third kappa shape index (κ3) is 3.35. The molecule has 0 aliphatic carbocycles. The van der Waals surface area contributed by atoms with Gasteiger partial charge >= 0.3 is 5.97 Å². The molecule has 16 heavy (non-hydrogen) atoms. The van der Waals surface area contributed by atoms with E-state index in [1.54, 1.807) is 6.07 Å². The summed E-state index contributed by atoms with van der Waals surface area (Å²) in [5, 5.41) is 11.0. The maximum absolute atomic E-state index is 11.4. The largest absolute Gasteiger partial charge is 0.479 e. The first-order chi connectivity index (χ1) is 7.54. The van der Waals surface area contributed by atoms with E-state index in [1.165, 1.54) is 13.2 Å². The van der Waals surface area contributed by atoms with Gasteiger partial charge in [-0.25, -0.2) is 4.79 Å². The molecule has 0 aliphatic heterocycles. The summed E-state index contributed by atoms with van der Waals surface area (Å²) < 4.78 is 10.1. The van der Waals surface area contributed by atoms with Gasteiger partial charge in [0.05, 0.1) is 6.54 Å². The van der Waals surface area contributed by atoms with Crippen LogP contribution in [0.1, 0.15) is 10.6 Å². The Kier molecular flexibility index (Phi) is 4.51. The highest BCUT2D eigenvalue weighted by molar-refractivity contribution is 9.10. The number of hydrogen-bond acceptors (Lipinski definition) is 4. The van der Waals surface area contributed by atoms with Crippen molar-refractivity contribution in [1.29, 1.82) is 0 Å². The van der Waals surface area contributed by atoms with E-state index in [9.17, 15) is 9.59 Å². The molecule has 0 saturated carbocycles. The zero-order valence-electron chi connectivity index (χ0n) is 8.40. The van der Waals surface area contributed by atoms with Crippen molar-refractivity contribution in [3.63, 3.8) is 0 Å². The van der Waals surface area contributed by atoms with Crippen molar-refractivity contribution in [3.05, 3.63) is 22.6 Å². The van der Waals surface area contributed by atoms with Gasteiger partial charge in [-0.3, -0.25) is 4.79 Å². The van der Waals surface area contributed by atoms with Crippen molar-refractivity contribution in [1.82, 2.24) is 5.32 Å². The SMILES string of the molecule is COC(CNC(=O)c1ccc(Br)o1)C(=O)O. The number of carbonyl (C=O) groups is 2. The van der Waals surface area contributed by atoms with Crippen LogP contribution in [0.25, 0.3) is 0 Å². The van der Waals surface area contributed by atoms with Crippen LogP contribution in [-0.4, -0.2) is 36.7 Å². The predicted octanol–water partition coefficient (Wildman–Crippen LogP) is 0.871. The Morgan fingerprint density at radius 1 is 1.62 bits per heavy atom. The second-order valence-electron chi connectivity index (χ2n) is 2.88. The molecule has 0 aromatic carbocycles. The zero-order valence-corrected chi connectivity index (χ0v) is 9.98. The number of hydrogen-bond donors (Lipinski definition) is 2. The van der Waals surface area contributed by atoms with Gasteiger partial charge in [-0.2, -0.15) is 0 Å². The third-order valence-electron chi connectivity index (χ3n) is 1.80. The van der Waals surface area contributed by atoms with Crippen LogP contribution in [0.4, 0.5) is 0 Å². The molecule has 0 saturated heterocycles. The van der Waals surface area contributed by atoms with E-state index in [4.69, 9.17) is 9.52 Å². The smallest absolute Gasteiger partial charge is 0.334 e. The molecule has 6 nitrogen and oxygen atoms in total. The van der Waals surface area contributed by atoms with Crippen molar-refractivity contribution < 1.29 is 23.8 Å². The minimum Gasteiger partial charge on any atom is -0.479 e. The molecule has 88 valence electrons. The Bertz CT molecular complexity index is 389. The molecule has 1 unspecified atom stereocenters. The Morgan fingerprint density at radius 3 is 2.75 bits per heavy atom. The standard InChI is InChI=1S/C9H10BrNO5/c1-15-6(9(13)14)4-11-8(12)5-2-3-7(10)16-5/h2-3,6H,4H2,1H3,(H,11,12)(H,13,14). The lowest BCUT2D eigenvalue weighted by atomic mass is 10.3. The highest BCUT2D eigenvalue weighted by atomic mass is 79.9. The molecule has 1 amide bonds. The Balaban J connectivity index is 2.49. The Morgan fingerprint density at radius 2 is 2.31 bits per heavy atom. The van der Waals surface area contributed by atoms with E-state index in [1.807, 2.05) is 0 Å². The van der Waals surface area contributed by atoms with E-state index in [0.29, 0.717) is 4.67 Å². The molecule has 2 N–H and O–H groups in total. The lowest BCUT2D eigenvalue weighted by Crippen LogP contribution is -2.37. The van der Waals surface area contributed by atoms with Crippen molar-refractivity contribution in [2.75, 3.05) is 13.7 Å². The fourth-order valence-electron chi connectivity index (χ4n) is 0.980. The topological polar surface area (TPSA) is 88.8 Å². The van der Waals surface area contributed by atoms with E-state index in [2.05, 4.69) is 26.0 Å². The third-order valence-corrected chi connectivity index (χ3v) is 2.23. The van der Waals surface area contributed by atoms with Crippen LogP contribution in [0.5, 0.6) is 0 Å². The first-order valence-corrected chi connectivity index (χ1v) is 5.13. The number of carboxylic acids is 1. The van der Waals surface area contributed by atoms with Crippen LogP contribution in [0.2, 0.25) is 0 Å². The number of rotatable bonds is 5. The minimum atomic E-state index is -1.14. The number of ether oxygens (including phenoxy) is 1. The second-order valence-corrected chi connectivity index (χ2v) is 3.66. The molecule has 1 aromatic heterocycles. The molecule has 1 aromatic rings. The predicted molar refractivity (Wildman–Crippen MR) is 57.2 cm³/mol. The number of nitrogens with one attached hydrogen (secondary N) is 1. The zero-order chi connectivity index (χ0) is 12.1. The molecule has 0 radical (unpaired) electrons. The number of carboxylic acid groups (broad SMARTS) is 1.